The maximum Gasteiger partial charge on any atom is 0.403 e. The fraction of sp³-hybridized carbons (Fsp3) is 0.667. The van der Waals surface area contributed by atoms with E-state index in [0.29, 0.717) is 6.42 Å². The van der Waals surface area contributed by atoms with Crippen LogP contribution in [-0.4, -0.2) is 24.6 Å². The van der Waals surface area contributed by atoms with E-state index in [1.165, 1.54) is 6.92 Å². The van der Waals surface area contributed by atoms with Gasteiger partial charge in [-0.2, -0.15) is 0 Å². The molecule has 0 atom stereocenters. The Morgan fingerprint density at radius 2 is 1.82 bits per heavy atom. The van der Waals surface area contributed by atoms with Crippen molar-refractivity contribution in [3.63, 3.8) is 0 Å². The van der Waals surface area contributed by atoms with Crippen molar-refractivity contribution in [2.45, 2.75) is 13.3 Å². The highest BCUT2D eigenvalue weighted by atomic mass is 35.5. The molecule has 0 spiro atoms. The Labute approximate surface area is 69.4 Å². The van der Waals surface area contributed by atoms with Gasteiger partial charge in [-0.1, -0.05) is 0 Å². The van der Waals surface area contributed by atoms with E-state index >= 15 is 0 Å². The largest absolute Gasteiger partial charge is 0.466 e. The molecule has 5 heteroatoms. The summed E-state index contributed by atoms with van der Waals surface area (Å²) >= 11 is 4.85. The summed E-state index contributed by atoms with van der Waals surface area (Å²) in [5.74, 6) is -0.345. The Morgan fingerprint density at radius 1 is 1.27 bits per heavy atom. The third-order valence-electron chi connectivity index (χ3n) is 0.810. The van der Waals surface area contributed by atoms with E-state index in [1.807, 2.05) is 0 Å². The Bertz CT molecular complexity index is 130. The Hall–Kier alpha value is -0.770. The van der Waals surface area contributed by atoms with Crippen molar-refractivity contribution in [3.05, 3.63) is 0 Å². The van der Waals surface area contributed by atoms with E-state index in [-0.39, 0.29) is 19.2 Å². The predicted octanol–water partition coefficient (Wildman–Crippen LogP) is 1.31. The summed E-state index contributed by atoms with van der Waals surface area (Å²) in [6, 6.07) is 0. The van der Waals surface area contributed by atoms with Gasteiger partial charge in [-0.15, -0.1) is 0 Å². The summed E-state index contributed by atoms with van der Waals surface area (Å²) < 4.78 is 8.91. The fourth-order valence-electron chi connectivity index (χ4n) is 0.427. The molecule has 0 radical (unpaired) electrons. The summed E-state index contributed by atoms with van der Waals surface area (Å²) in [4.78, 5) is 20.2. The van der Waals surface area contributed by atoms with Crippen molar-refractivity contribution in [2.75, 3.05) is 13.2 Å². The monoisotopic (exact) mass is 180 g/mol. The van der Waals surface area contributed by atoms with Gasteiger partial charge in [0.2, 0.25) is 0 Å². The van der Waals surface area contributed by atoms with Crippen LogP contribution >= 0.6 is 11.6 Å². The van der Waals surface area contributed by atoms with E-state index in [2.05, 4.69) is 9.47 Å². The first kappa shape index (κ1) is 10.2. The molecule has 0 aliphatic heterocycles. The number of hydrogen-bond acceptors (Lipinski definition) is 4. The van der Waals surface area contributed by atoms with Crippen molar-refractivity contribution >= 4 is 23.0 Å². The molecule has 64 valence electrons. The smallest absolute Gasteiger partial charge is 0.403 e. The Kier molecular flexibility index (Phi) is 5.56. The number of esters is 1. The van der Waals surface area contributed by atoms with Crippen molar-refractivity contribution in [1.29, 1.82) is 0 Å². The third-order valence-corrected chi connectivity index (χ3v) is 0.919. The van der Waals surface area contributed by atoms with Gasteiger partial charge in [0, 0.05) is 24.9 Å². The molecule has 0 amide bonds. The molecule has 4 nitrogen and oxygen atoms in total. The lowest BCUT2D eigenvalue weighted by atomic mass is 10.5. The van der Waals surface area contributed by atoms with Crippen LogP contribution in [-0.2, 0) is 14.3 Å². The van der Waals surface area contributed by atoms with Gasteiger partial charge < -0.3 is 9.47 Å². The summed E-state index contributed by atoms with van der Waals surface area (Å²) in [6.45, 7) is 1.74. The van der Waals surface area contributed by atoms with Crippen LogP contribution in [0.25, 0.3) is 0 Å². The molecule has 0 saturated heterocycles. The van der Waals surface area contributed by atoms with Gasteiger partial charge >= 0.3 is 11.4 Å². The lowest BCUT2D eigenvalue weighted by Gasteiger charge is -2.00. The maximum absolute atomic E-state index is 10.2. The number of hydrogen-bond donors (Lipinski definition) is 0. The molecular weight excluding hydrogens is 172 g/mol. The summed E-state index contributed by atoms with van der Waals surface area (Å²) in [6.07, 6.45) is 0.470. The summed E-state index contributed by atoms with van der Waals surface area (Å²) in [7, 11) is 0. The molecule has 0 unspecified atom stereocenters. The SMILES string of the molecule is CC(=O)OCCCOC(=O)Cl. The van der Waals surface area contributed by atoms with Gasteiger partial charge in [-0.3, -0.25) is 4.79 Å². The van der Waals surface area contributed by atoms with E-state index in [9.17, 15) is 9.59 Å². The second kappa shape index (κ2) is 5.97. The molecule has 0 fully saturated rings. The lowest BCUT2D eigenvalue weighted by Crippen LogP contribution is -2.04. The fourth-order valence-corrected chi connectivity index (χ4v) is 0.504. The molecule has 0 saturated carbocycles. The van der Waals surface area contributed by atoms with Crippen LogP contribution in [0.3, 0.4) is 0 Å². The van der Waals surface area contributed by atoms with Gasteiger partial charge in [0.25, 0.3) is 0 Å². The lowest BCUT2D eigenvalue weighted by molar-refractivity contribution is -0.141. The minimum absolute atomic E-state index is 0.176. The molecule has 11 heavy (non-hydrogen) atoms. The molecule has 0 rings (SSSR count). The molecule has 0 heterocycles. The topological polar surface area (TPSA) is 52.6 Å². The van der Waals surface area contributed by atoms with E-state index < -0.39 is 5.43 Å². The van der Waals surface area contributed by atoms with Crippen molar-refractivity contribution in [2.24, 2.45) is 0 Å². The summed E-state index contributed by atoms with van der Waals surface area (Å²) in [5, 5.41) is 0. The van der Waals surface area contributed by atoms with Crippen LogP contribution in [0, 0.1) is 0 Å². The number of halogens is 1. The van der Waals surface area contributed by atoms with Gasteiger partial charge in [0.15, 0.2) is 0 Å². The highest BCUT2D eigenvalue weighted by molar-refractivity contribution is 6.61. The van der Waals surface area contributed by atoms with E-state index in [0.717, 1.165) is 0 Å². The third kappa shape index (κ3) is 9.23. The van der Waals surface area contributed by atoms with E-state index in [4.69, 9.17) is 11.6 Å². The van der Waals surface area contributed by atoms with Crippen molar-refractivity contribution in [3.8, 4) is 0 Å². The number of rotatable bonds is 4. The molecule has 0 aliphatic carbocycles. The van der Waals surface area contributed by atoms with Gasteiger partial charge in [0.1, 0.15) is 0 Å². The highest BCUT2D eigenvalue weighted by Crippen LogP contribution is 1.90. The van der Waals surface area contributed by atoms with Gasteiger partial charge in [0.05, 0.1) is 13.2 Å². The molecular formula is C6H9ClO4. The average Bonchev–Trinajstić information content (AvgIpc) is 1.85. The first-order valence-corrected chi connectivity index (χ1v) is 3.46. The predicted molar refractivity (Wildman–Crippen MR) is 38.5 cm³/mol. The summed E-state index contributed by atoms with van der Waals surface area (Å²) in [5.41, 5.74) is -0.840. The highest BCUT2D eigenvalue weighted by Gasteiger charge is 1.96. The maximum atomic E-state index is 10.2. The quantitative estimate of drug-likeness (QED) is 0.372. The molecule has 0 aromatic carbocycles. The van der Waals surface area contributed by atoms with E-state index in [1.54, 1.807) is 0 Å². The zero-order valence-electron chi connectivity index (χ0n) is 6.13. The van der Waals surface area contributed by atoms with Crippen LogP contribution in [0.15, 0.2) is 0 Å². The van der Waals surface area contributed by atoms with Crippen molar-refractivity contribution in [1.82, 2.24) is 0 Å². The second-order valence-electron chi connectivity index (χ2n) is 1.78. The van der Waals surface area contributed by atoms with Crippen LogP contribution in [0.4, 0.5) is 4.79 Å². The van der Waals surface area contributed by atoms with Crippen LogP contribution < -0.4 is 0 Å². The normalized spacial score (nSPS) is 8.91. The van der Waals surface area contributed by atoms with Crippen LogP contribution in [0.1, 0.15) is 13.3 Å². The molecule has 0 bridgehead atoms. The zero-order chi connectivity index (χ0) is 8.69. The first-order chi connectivity index (χ1) is 5.13. The second-order valence-corrected chi connectivity index (χ2v) is 2.09. The number of carbonyl (C=O) groups excluding carboxylic acids is 2. The Balaban J connectivity index is 3.03. The zero-order valence-corrected chi connectivity index (χ0v) is 6.89. The first-order valence-electron chi connectivity index (χ1n) is 3.08. The molecule has 0 aliphatic rings. The Morgan fingerprint density at radius 3 is 2.27 bits per heavy atom. The minimum atomic E-state index is -0.840. The molecule has 0 aromatic rings. The average molecular weight is 181 g/mol. The van der Waals surface area contributed by atoms with Crippen LogP contribution in [0.2, 0.25) is 0 Å². The van der Waals surface area contributed by atoms with Gasteiger partial charge in [-0.05, 0) is 0 Å². The molecule has 0 N–H and O–H groups in total. The van der Waals surface area contributed by atoms with Gasteiger partial charge in [-0.25, -0.2) is 4.79 Å². The standard InChI is InChI=1S/C6H9ClO4/c1-5(8)10-3-2-4-11-6(7)9/h2-4H2,1H3. The number of ether oxygens (including phenoxy) is 2. The number of carbonyl (C=O) groups is 2. The van der Waals surface area contributed by atoms with Crippen LogP contribution in [0.5, 0.6) is 0 Å². The van der Waals surface area contributed by atoms with Crippen molar-refractivity contribution < 1.29 is 19.1 Å². The molecule has 0 aromatic heterocycles. The minimum Gasteiger partial charge on any atom is -0.466 e.